The van der Waals surface area contributed by atoms with E-state index in [0.29, 0.717) is 11.2 Å². The fraction of sp³-hybridized carbons (Fsp3) is 0.440. The molecule has 1 saturated carbocycles. The van der Waals surface area contributed by atoms with Crippen molar-refractivity contribution in [2.24, 2.45) is 13.0 Å². The lowest BCUT2D eigenvalue weighted by atomic mass is 9.93. The van der Waals surface area contributed by atoms with Crippen LogP contribution in [0.3, 0.4) is 0 Å². The highest BCUT2D eigenvalue weighted by Gasteiger charge is 2.60. The van der Waals surface area contributed by atoms with Gasteiger partial charge in [0.1, 0.15) is 0 Å². The average Bonchev–Trinajstić information content (AvgIpc) is 3.10. The first kappa shape index (κ1) is 20.9. The number of pyridine rings is 1. The van der Waals surface area contributed by atoms with Crippen LogP contribution in [-0.2, 0) is 12.5 Å². The highest BCUT2D eigenvalue weighted by atomic mass is 32.2. The van der Waals surface area contributed by atoms with Crippen molar-refractivity contribution in [1.29, 1.82) is 0 Å². The van der Waals surface area contributed by atoms with Crippen molar-refractivity contribution < 1.29 is 4.42 Å². The molecule has 4 heterocycles. The normalized spacial score (nSPS) is 22.2. The number of fused-ring (bicyclic) bond motifs is 2. The van der Waals surface area contributed by atoms with Crippen molar-refractivity contribution in [1.82, 2.24) is 29.6 Å². The first-order valence-electron chi connectivity index (χ1n) is 11.6. The van der Waals surface area contributed by atoms with Crippen molar-refractivity contribution >= 4 is 22.7 Å². The molecule has 6 rings (SSSR count). The van der Waals surface area contributed by atoms with Crippen molar-refractivity contribution in [2.75, 3.05) is 25.4 Å². The first-order valence-corrected chi connectivity index (χ1v) is 12.5. The van der Waals surface area contributed by atoms with Crippen LogP contribution in [0.15, 0.2) is 46.3 Å². The molecule has 3 aromatic heterocycles. The number of nitrogens with zero attached hydrogens (tertiary/aromatic N) is 6. The first-order chi connectivity index (χ1) is 16.0. The Morgan fingerprint density at radius 1 is 1.18 bits per heavy atom. The SMILES string of the molecule is Cc1ccc2cc([C@]34C[C@H]3CN(CCCSc3nnc(-c5ocnc5C)n3C)C4)ccc2n1. The van der Waals surface area contributed by atoms with Crippen LogP contribution < -0.4 is 0 Å². The van der Waals surface area contributed by atoms with Crippen LogP contribution in [-0.4, -0.2) is 55.0 Å². The summed E-state index contributed by atoms with van der Waals surface area (Å²) in [4.78, 5) is 11.5. The highest BCUT2D eigenvalue weighted by molar-refractivity contribution is 7.99. The lowest BCUT2D eigenvalue weighted by Gasteiger charge is -2.21. The standard InChI is InChI=1S/C25H28N6OS/c1-16-5-6-18-11-19(7-8-21(18)27-16)25-12-20(25)13-31(14-25)9-4-10-33-24-29-28-23(30(24)3)22-17(2)26-15-32-22/h5-8,11,15,20H,4,9-10,12-14H2,1-3H3/t20-,25+/m0/s1. The van der Waals surface area contributed by atoms with Crippen LogP contribution in [0.1, 0.15) is 29.8 Å². The number of rotatable bonds is 7. The number of hydrogen-bond donors (Lipinski definition) is 0. The largest absolute Gasteiger partial charge is 0.440 e. The van der Waals surface area contributed by atoms with E-state index in [1.165, 1.54) is 36.9 Å². The van der Waals surface area contributed by atoms with Gasteiger partial charge in [-0.2, -0.15) is 0 Å². The van der Waals surface area contributed by atoms with Gasteiger partial charge in [-0.25, -0.2) is 4.98 Å². The van der Waals surface area contributed by atoms with E-state index >= 15 is 0 Å². The van der Waals surface area contributed by atoms with Crippen LogP contribution in [0.4, 0.5) is 0 Å². The fourth-order valence-electron chi connectivity index (χ4n) is 5.35. The zero-order valence-electron chi connectivity index (χ0n) is 19.3. The number of aromatic nitrogens is 5. The quantitative estimate of drug-likeness (QED) is 0.299. The second kappa shape index (κ2) is 7.95. The molecule has 33 heavy (non-hydrogen) atoms. The molecule has 0 radical (unpaired) electrons. The molecule has 2 fully saturated rings. The van der Waals surface area contributed by atoms with Crippen molar-refractivity contribution in [3.05, 3.63) is 53.7 Å². The molecule has 0 spiro atoms. The summed E-state index contributed by atoms with van der Waals surface area (Å²) in [6.07, 6.45) is 3.92. The average molecular weight is 461 g/mol. The number of piperidine rings is 1. The molecule has 0 unspecified atom stereocenters. The summed E-state index contributed by atoms with van der Waals surface area (Å²) >= 11 is 1.76. The van der Waals surface area contributed by atoms with Gasteiger partial charge in [-0.3, -0.25) is 4.98 Å². The van der Waals surface area contributed by atoms with Gasteiger partial charge in [0.2, 0.25) is 5.82 Å². The van der Waals surface area contributed by atoms with E-state index in [-0.39, 0.29) is 0 Å². The fourth-order valence-corrected chi connectivity index (χ4v) is 6.18. The summed E-state index contributed by atoms with van der Waals surface area (Å²) in [7, 11) is 1.98. The van der Waals surface area contributed by atoms with E-state index < -0.39 is 0 Å². The second-order valence-electron chi connectivity index (χ2n) is 9.49. The molecular formula is C25H28N6OS. The van der Waals surface area contributed by atoms with Gasteiger partial charge < -0.3 is 13.9 Å². The van der Waals surface area contributed by atoms with Crippen LogP contribution in [0, 0.1) is 19.8 Å². The third-order valence-electron chi connectivity index (χ3n) is 7.25. The minimum atomic E-state index is 0.361. The molecule has 1 aliphatic carbocycles. The second-order valence-corrected chi connectivity index (χ2v) is 10.5. The highest BCUT2D eigenvalue weighted by Crippen LogP contribution is 2.59. The Balaban J connectivity index is 1.05. The number of hydrogen-bond acceptors (Lipinski definition) is 7. The summed E-state index contributed by atoms with van der Waals surface area (Å²) in [5.41, 5.74) is 4.87. The maximum atomic E-state index is 5.47. The van der Waals surface area contributed by atoms with Crippen molar-refractivity contribution in [3.8, 4) is 11.6 Å². The van der Waals surface area contributed by atoms with E-state index in [2.05, 4.69) is 62.3 Å². The molecular weight excluding hydrogens is 432 g/mol. The van der Waals surface area contributed by atoms with E-state index in [4.69, 9.17) is 4.42 Å². The van der Waals surface area contributed by atoms with Gasteiger partial charge in [0.05, 0.1) is 11.2 Å². The van der Waals surface area contributed by atoms with Crippen LogP contribution in [0.25, 0.3) is 22.5 Å². The number of benzene rings is 1. The van der Waals surface area contributed by atoms with Crippen molar-refractivity contribution in [2.45, 2.75) is 37.3 Å². The van der Waals surface area contributed by atoms with Gasteiger partial charge in [0, 0.05) is 42.4 Å². The third kappa shape index (κ3) is 3.65. The van der Waals surface area contributed by atoms with E-state index in [1.54, 1.807) is 11.8 Å². The Morgan fingerprint density at radius 3 is 2.94 bits per heavy atom. The number of aryl methyl sites for hydroxylation is 2. The van der Waals surface area contributed by atoms with Gasteiger partial charge in [-0.1, -0.05) is 23.9 Å². The Kier molecular flexibility index (Phi) is 5.03. The molecule has 7 nitrogen and oxygen atoms in total. The summed E-state index contributed by atoms with van der Waals surface area (Å²) in [6, 6.07) is 11.2. The predicted molar refractivity (Wildman–Crippen MR) is 129 cm³/mol. The zero-order valence-corrected chi connectivity index (χ0v) is 20.1. The zero-order chi connectivity index (χ0) is 22.6. The minimum absolute atomic E-state index is 0.361. The maximum absolute atomic E-state index is 5.47. The molecule has 8 heteroatoms. The van der Waals surface area contributed by atoms with Crippen molar-refractivity contribution in [3.63, 3.8) is 0 Å². The molecule has 0 bridgehead atoms. The Labute approximate surface area is 197 Å². The number of oxazole rings is 1. The lowest BCUT2D eigenvalue weighted by molar-refractivity contribution is 0.299. The van der Waals surface area contributed by atoms with Gasteiger partial charge in [0.25, 0.3) is 0 Å². The number of likely N-dealkylation sites (tertiary alicyclic amines) is 1. The third-order valence-corrected chi connectivity index (χ3v) is 8.36. The molecule has 4 aromatic rings. The topological polar surface area (TPSA) is 72.9 Å². The summed E-state index contributed by atoms with van der Waals surface area (Å²) in [5.74, 6) is 3.25. The van der Waals surface area contributed by atoms with Crippen LogP contribution >= 0.6 is 11.8 Å². The molecule has 1 saturated heterocycles. The molecule has 0 N–H and O–H groups in total. The smallest absolute Gasteiger partial charge is 0.202 e. The monoisotopic (exact) mass is 460 g/mol. The number of thioether (sulfide) groups is 1. The van der Waals surface area contributed by atoms with E-state index in [1.807, 2.05) is 18.5 Å². The Bertz CT molecular complexity index is 1330. The molecule has 2 aliphatic rings. The van der Waals surface area contributed by atoms with Crippen LogP contribution in [0.5, 0.6) is 0 Å². The Hall–Kier alpha value is -2.71. The van der Waals surface area contributed by atoms with Gasteiger partial charge >= 0.3 is 0 Å². The van der Waals surface area contributed by atoms with Gasteiger partial charge in [0.15, 0.2) is 17.3 Å². The summed E-state index contributed by atoms with van der Waals surface area (Å²) in [5, 5.41) is 10.8. The predicted octanol–water partition coefficient (Wildman–Crippen LogP) is 4.39. The maximum Gasteiger partial charge on any atom is 0.202 e. The summed E-state index contributed by atoms with van der Waals surface area (Å²) < 4.78 is 7.47. The van der Waals surface area contributed by atoms with Gasteiger partial charge in [-0.15, -0.1) is 10.2 Å². The van der Waals surface area contributed by atoms with E-state index in [0.717, 1.165) is 52.5 Å². The molecule has 1 aromatic carbocycles. The lowest BCUT2D eigenvalue weighted by Crippen LogP contribution is -2.27. The molecule has 2 atom stereocenters. The van der Waals surface area contributed by atoms with E-state index in [9.17, 15) is 0 Å². The minimum Gasteiger partial charge on any atom is -0.440 e. The molecule has 170 valence electrons. The van der Waals surface area contributed by atoms with Crippen LogP contribution in [0.2, 0.25) is 0 Å². The summed E-state index contributed by atoms with van der Waals surface area (Å²) in [6.45, 7) is 7.49. The van der Waals surface area contributed by atoms with Gasteiger partial charge in [-0.05, 0) is 62.9 Å². The molecule has 0 amide bonds. The Morgan fingerprint density at radius 2 is 2.09 bits per heavy atom. The molecule has 1 aliphatic heterocycles.